The Kier molecular flexibility index (Phi) is 6.29. The molecule has 2 aliphatic heterocycles. The van der Waals surface area contributed by atoms with Gasteiger partial charge in [0.25, 0.3) is 0 Å². The van der Waals surface area contributed by atoms with Crippen molar-refractivity contribution in [1.82, 2.24) is 15.1 Å². The topological polar surface area (TPSA) is 18.5 Å². The molecule has 0 amide bonds. The van der Waals surface area contributed by atoms with E-state index in [-0.39, 0.29) is 0 Å². The number of piperazine rings is 1. The van der Waals surface area contributed by atoms with Gasteiger partial charge in [0.1, 0.15) is 0 Å². The summed E-state index contributed by atoms with van der Waals surface area (Å²) in [6.45, 7) is 10.00. The second-order valence-electron chi connectivity index (χ2n) is 6.92. The van der Waals surface area contributed by atoms with E-state index in [0.717, 1.165) is 5.92 Å². The van der Waals surface area contributed by atoms with Crippen LogP contribution in [0.5, 0.6) is 0 Å². The minimum absolute atomic E-state index is 0.895. The number of rotatable bonds is 6. The maximum Gasteiger partial charge on any atom is 0.0107 e. The summed E-state index contributed by atoms with van der Waals surface area (Å²) in [7, 11) is 0. The van der Waals surface area contributed by atoms with Crippen LogP contribution in [0.3, 0.4) is 0 Å². The third-order valence-electron chi connectivity index (χ3n) is 5.23. The summed E-state index contributed by atoms with van der Waals surface area (Å²) in [6, 6.07) is 11.0. The van der Waals surface area contributed by atoms with E-state index in [2.05, 4.69) is 45.4 Å². The number of nitrogens with one attached hydrogen (secondary N) is 1. The first kappa shape index (κ1) is 16.0. The second kappa shape index (κ2) is 8.66. The molecule has 0 bridgehead atoms. The summed E-state index contributed by atoms with van der Waals surface area (Å²) >= 11 is 0. The van der Waals surface area contributed by atoms with Gasteiger partial charge in [-0.2, -0.15) is 0 Å². The van der Waals surface area contributed by atoms with Crippen molar-refractivity contribution in [3.8, 4) is 0 Å². The highest BCUT2D eigenvalue weighted by atomic mass is 15.2. The molecule has 2 aliphatic rings. The molecule has 3 heteroatoms. The summed E-state index contributed by atoms with van der Waals surface area (Å²) in [6.07, 6.45) is 5.36. The Balaban J connectivity index is 1.30. The average molecular weight is 301 g/mol. The zero-order chi connectivity index (χ0) is 15.0. The predicted molar refractivity (Wildman–Crippen MR) is 93.2 cm³/mol. The van der Waals surface area contributed by atoms with E-state index < -0.39 is 0 Å². The van der Waals surface area contributed by atoms with Gasteiger partial charge in [-0.15, -0.1) is 0 Å². The van der Waals surface area contributed by atoms with Crippen LogP contribution in [0.25, 0.3) is 0 Å². The van der Waals surface area contributed by atoms with Gasteiger partial charge in [-0.3, -0.25) is 0 Å². The van der Waals surface area contributed by atoms with Crippen LogP contribution in [-0.2, 0) is 6.42 Å². The fourth-order valence-corrected chi connectivity index (χ4v) is 3.81. The SMILES string of the molecule is c1ccc(CC2CCN(CCCN3CCNCC3)CC2)cc1. The van der Waals surface area contributed by atoms with Crippen molar-refractivity contribution < 1.29 is 0 Å². The van der Waals surface area contributed by atoms with Crippen LogP contribution in [0.2, 0.25) is 0 Å². The average Bonchev–Trinajstić information content (AvgIpc) is 2.58. The van der Waals surface area contributed by atoms with Crippen molar-refractivity contribution in [2.75, 3.05) is 52.4 Å². The number of nitrogens with zero attached hydrogens (tertiary/aromatic N) is 2. The smallest absolute Gasteiger partial charge is 0.0107 e. The van der Waals surface area contributed by atoms with Gasteiger partial charge in [0.15, 0.2) is 0 Å². The largest absolute Gasteiger partial charge is 0.314 e. The van der Waals surface area contributed by atoms with Gasteiger partial charge in [-0.25, -0.2) is 0 Å². The number of likely N-dealkylation sites (tertiary alicyclic amines) is 1. The highest BCUT2D eigenvalue weighted by Gasteiger charge is 2.19. The van der Waals surface area contributed by atoms with E-state index >= 15 is 0 Å². The number of benzene rings is 1. The molecule has 1 aromatic rings. The van der Waals surface area contributed by atoms with E-state index in [9.17, 15) is 0 Å². The van der Waals surface area contributed by atoms with Gasteiger partial charge < -0.3 is 15.1 Å². The van der Waals surface area contributed by atoms with Crippen molar-refractivity contribution in [2.24, 2.45) is 5.92 Å². The summed E-state index contributed by atoms with van der Waals surface area (Å²) in [5, 5.41) is 3.43. The minimum Gasteiger partial charge on any atom is -0.314 e. The molecule has 3 rings (SSSR count). The Labute approximate surface area is 135 Å². The van der Waals surface area contributed by atoms with Crippen LogP contribution in [0.4, 0.5) is 0 Å². The first-order chi connectivity index (χ1) is 10.9. The molecule has 0 atom stereocenters. The number of hydrogen-bond acceptors (Lipinski definition) is 3. The molecular formula is C19H31N3. The fraction of sp³-hybridized carbons (Fsp3) is 0.684. The zero-order valence-corrected chi connectivity index (χ0v) is 13.8. The van der Waals surface area contributed by atoms with Gasteiger partial charge in [-0.05, 0) is 63.3 Å². The summed E-state index contributed by atoms with van der Waals surface area (Å²) < 4.78 is 0. The normalized spacial score (nSPS) is 22.0. The van der Waals surface area contributed by atoms with Crippen molar-refractivity contribution >= 4 is 0 Å². The molecule has 2 saturated heterocycles. The Morgan fingerprint density at radius 1 is 0.864 bits per heavy atom. The van der Waals surface area contributed by atoms with Gasteiger partial charge in [-0.1, -0.05) is 30.3 Å². The molecule has 122 valence electrons. The Hall–Kier alpha value is -0.900. The van der Waals surface area contributed by atoms with E-state index in [1.165, 1.54) is 83.6 Å². The van der Waals surface area contributed by atoms with Gasteiger partial charge in [0.05, 0.1) is 0 Å². The monoisotopic (exact) mass is 301 g/mol. The third kappa shape index (κ3) is 5.08. The van der Waals surface area contributed by atoms with Crippen LogP contribution >= 0.6 is 0 Å². The predicted octanol–water partition coefficient (Wildman–Crippen LogP) is 2.24. The molecule has 0 saturated carbocycles. The van der Waals surface area contributed by atoms with E-state index in [4.69, 9.17) is 0 Å². The lowest BCUT2D eigenvalue weighted by Crippen LogP contribution is -2.44. The maximum atomic E-state index is 3.43. The van der Waals surface area contributed by atoms with Crippen molar-refractivity contribution in [2.45, 2.75) is 25.7 Å². The molecule has 2 fully saturated rings. The summed E-state index contributed by atoms with van der Waals surface area (Å²) in [5.74, 6) is 0.895. The van der Waals surface area contributed by atoms with Crippen LogP contribution in [0, 0.1) is 5.92 Å². The Morgan fingerprint density at radius 3 is 2.18 bits per heavy atom. The second-order valence-corrected chi connectivity index (χ2v) is 6.92. The molecule has 0 radical (unpaired) electrons. The van der Waals surface area contributed by atoms with Gasteiger partial charge in [0.2, 0.25) is 0 Å². The Bertz CT molecular complexity index is 406. The molecule has 0 unspecified atom stereocenters. The molecule has 2 heterocycles. The lowest BCUT2D eigenvalue weighted by Gasteiger charge is -2.33. The fourth-order valence-electron chi connectivity index (χ4n) is 3.81. The van der Waals surface area contributed by atoms with Crippen LogP contribution in [0.1, 0.15) is 24.8 Å². The van der Waals surface area contributed by atoms with E-state index in [1.807, 2.05) is 0 Å². The van der Waals surface area contributed by atoms with Crippen molar-refractivity contribution in [3.63, 3.8) is 0 Å². The Morgan fingerprint density at radius 2 is 1.50 bits per heavy atom. The molecule has 0 aliphatic carbocycles. The number of piperidine rings is 1. The van der Waals surface area contributed by atoms with E-state index in [0.29, 0.717) is 0 Å². The molecule has 3 nitrogen and oxygen atoms in total. The van der Waals surface area contributed by atoms with Crippen molar-refractivity contribution in [3.05, 3.63) is 35.9 Å². The van der Waals surface area contributed by atoms with Crippen LogP contribution in [-0.4, -0.2) is 62.2 Å². The lowest BCUT2D eigenvalue weighted by molar-refractivity contribution is 0.166. The minimum atomic E-state index is 0.895. The van der Waals surface area contributed by atoms with Crippen LogP contribution in [0.15, 0.2) is 30.3 Å². The van der Waals surface area contributed by atoms with Crippen LogP contribution < -0.4 is 5.32 Å². The molecular weight excluding hydrogens is 270 g/mol. The first-order valence-electron chi connectivity index (χ1n) is 9.09. The summed E-state index contributed by atoms with van der Waals surface area (Å²) in [5.41, 5.74) is 1.51. The number of hydrogen-bond donors (Lipinski definition) is 1. The molecule has 1 N–H and O–H groups in total. The van der Waals surface area contributed by atoms with Gasteiger partial charge >= 0.3 is 0 Å². The lowest BCUT2D eigenvalue weighted by atomic mass is 9.90. The van der Waals surface area contributed by atoms with Crippen molar-refractivity contribution in [1.29, 1.82) is 0 Å². The summed E-state index contributed by atoms with van der Waals surface area (Å²) in [4.78, 5) is 5.29. The van der Waals surface area contributed by atoms with Gasteiger partial charge in [0, 0.05) is 26.2 Å². The standard InChI is InChI=1S/C19H31N3/c1-2-5-18(6-3-1)17-19-7-13-21(14-8-19)11-4-12-22-15-9-20-10-16-22/h1-3,5-6,19-20H,4,7-17H2. The molecule has 0 aromatic heterocycles. The zero-order valence-electron chi connectivity index (χ0n) is 13.8. The highest BCUT2D eigenvalue weighted by Crippen LogP contribution is 2.21. The molecule has 22 heavy (non-hydrogen) atoms. The quantitative estimate of drug-likeness (QED) is 0.869. The van der Waals surface area contributed by atoms with E-state index in [1.54, 1.807) is 0 Å². The first-order valence-corrected chi connectivity index (χ1v) is 9.09. The highest BCUT2D eigenvalue weighted by molar-refractivity contribution is 5.15. The molecule has 0 spiro atoms. The maximum absolute atomic E-state index is 3.43. The molecule has 1 aromatic carbocycles. The third-order valence-corrected chi connectivity index (χ3v) is 5.23.